The fraction of sp³-hybridized carbons (Fsp3) is 0.381. The van der Waals surface area contributed by atoms with Crippen LogP contribution in [-0.2, 0) is 17.9 Å². The van der Waals surface area contributed by atoms with Crippen molar-refractivity contribution in [3.05, 3.63) is 70.2 Å². The number of rotatable bonds is 5. The Bertz CT molecular complexity index is 706. The predicted octanol–water partition coefficient (Wildman–Crippen LogP) is 4.18. The van der Waals surface area contributed by atoms with Crippen molar-refractivity contribution >= 4 is 17.5 Å². The van der Waals surface area contributed by atoms with Crippen molar-refractivity contribution in [1.29, 1.82) is 0 Å². The summed E-state index contributed by atoms with van der Waals surface area (Å²) in [4.78, 5) is 14.9. The standard InChI is InChI=1S/C21H25ClN2O/c1-16-4-2-3-5-19(16)14-23-21(25)18-10-12-24(13-11-18)15-17-6-8-20(22)9-7-17/h2-9,18H,10-15H2,1H3,(H,23,25). The second kappa shape index (κ2) is 8.50. The van der Waals surface area contributed by atoms with E-state index in [-0.39, 0.29) is 11.8 Å². The molecule has 0 atom stereocenters. The van der Waals surface area contributed by atoms with Crippen molar-refractivity contribution in [3.8, 4) is 0 Å². The van der Waals surface area contributed by atoms with Gasteiger partial charge < -0.3 is 5.32 Å². The smallest absolute Gasteiger partial charge is 0.223 e. The van der Waals surface area contributed by atoms with E-state index in [2.05, 4.69) is 41.4 Å². The monoisotopic (exact) mass is 356 g/mol. The van der Waals surface area contributed by atoms with Crippen LogP contribution in [-0.4, -0.2) is 23.9 Å². The fourth-order valence-electron chi connectivity index (χ4n) is 3.34. The van der Waals surface area contributed by atoms with Crippen molar-refractivity contribution in [1.82, 2.24) is 10.2 Å². The molecule has 132 valence electrons. The normalized spacial score (nSPS) is 15.9. The van der Waals surface area contributed by atoms with Gasteiger partial charge in [0.2, 0.25) is 5.91 Å². The highest BCUT2D eigenvalue weighted by molar-refractivity contribution is 6.30. The molecule has 3 rings (SSSR count). The van der Waals surface area contributed by atoms with E-state index >= 15 is 0 Å². The Morgan fingerprint density at radius 1 is 1.12 bits per heavy atom. The number of amides is 1. The zero-order valence-electron chi connectivity index (χ0n) is 14.7. The van der Waals surface area contributed by atoms with Crippen LogP contribution in [0.25, 0.3) is 0 Å². The predicted molar refractivity (Wildman–Crippen MR) is 102 cm³/mol. The number of carbonyl (C=O) groups excluding carboxylic acids is 1. The summed E-state index contributed by atoms with van der Waals surface area (Å²) in [5.74, 6) is 0.319. The molecule has 1 aliphatic rings. The van der Waals surface area contributed by atoms with Crippen molar-refractivity contribution in [3.63, 3.8) is 0 Å². The molecule has 0 aliphatic carbocycles. The maximum atomic E-state index is 12.4. The molecule has 4 heteroatoms. The van der Waals surface area contributed by atoms with Crippen LogP contribution in [0.4, 0.5) is 0 Å². The Balaban J connectivity index is 1.44. The minimum absolute atomic E-state index is 0.130. The van der Waals surface area contributed by atoms with E-state index in [4.69, 9.17) is 11.6 Å². The summed E-state index contributed by atoms with van der Waals surface area (Å²) < 4.78 is 0. The highest BCUT2D eigenvalue weighted by Gasteiger charge is 2.24. The van der Waals surface area contributed by atoms with Gasteiger partial charge in [-0.1, -0.05) is 48.0 Å². The number of likely N-dealkylation sites (tertiary alicyclic amines) is 1. The van der Waals surface area contributed by atoms with Crippen LogP contribution in [0, 0.1) is 12.8 Å². The van der Waals surface area contributed by atoms with Crippen molar-refractivity contribution in [2.24, 2.45) is 5.92 Å². The molecule has 1 fully saturated rings. The first-order chi connectivity index (χ1) is 12.1. The number of aryl methyl sites for hydroxylation is 1. The number of halogens is 1. The molecule has 0 bridgehead atoms. The number of nitrogens with one attached hydrogen (secondary N) is 1. The number of carbonyl (C=O) groups is 1. The molecule has 0 aromatic heterocycles. The van der Waals surface area contributed by atoms with Crippen LogP contribution >= 0.6 is 11.6 Å². The second-order valence-corrected chi connectivity index (χ2v) is 7.26. The van der Waals surface area contributed by atoms with Gasteiger partial charge in [-0.15, -0.1) is 0 Å². The summed E-state index contributed by atoms with van der Waals surface area (Å²) in [6.45, 7) is 5.55. The van der Waals surface area contributed by atoms with Crippen LogP contribution < -0.4 is 5.32 Å². The van der Waals surface area contributed by atoms with Crippen LogP contribution in [0.1, 0.15) is 29.5 Å². The Labute approximate surface area is 155 Å². The Kier molecular flexibility index (Phi) is 6.11. The zero-order chi connectivity index (χ0) is 17.6. The first kappa shape index (κ1) is 18.0. The van der Waals surface area contributed by atoms with E-state index in [1.807, 2.05) is 24.3 Å². The van der Waals surface area contributed by atoms with Gasteiger partial charge in [-0.25, -0.2) is 0 Å². The molecule has 1 heterocycles. The molecular weight excluding hydrogens is 332 g/mol. The number of hydrogen-bond acceptors (Lipinski definition) is 2. The Morgan fingerprint density at radius 2 is 1.80 bits per heavy atom. The van der Waals surface area contributed by atoms with E-state index in [0.717, 1.165) is 37.5 Å². The lowest BCUT2D eigenvalue weighted by Gasteiger charge is -2.31. The van der Waals surface area contributed by atoms with E-state index in [1.54, 1.807) is 0 Å². The van der Waals surface area contributed by atoms with Gasteiger partial charge in [0.15, 0.2) is 0 Å². The van der Waals surface area contributed by atoms with Gasteiger partial charge in [0.05, 0.1) is 0 Å². The van der Waals surface area contributed by atoms with Crippen LogP contribution in [0.15, 0.2) is 48.5 Å². The molecule has 1 saturated heterocycles. The van der Waals surface area contributed by atoms with Crippen LogP contribution in [0.2, 0.25) is 5.02 Å². The molecule has 3 nitrogen and oxygen atoms in total. The Morgan fingerprint density at radius 3 is 2.48 bits per heavy atom. The van der Waals surface area contributed by atoms with E-state index in [0.29, 0.717) is 6.54 Å². The summed E-state index contributed by atoms with van der Waals surface area (Å²) in [5, 5.41) is 3.88. The summed E-state index contributed by atoms with van der Waals surface area (Å²) in [6.07, 6.45) is 1.85. The van der Waals surface area contributed by atoms with Gasteiger partial charge in [-0.3, -0.25) is 9.69 Å². The SMILES string of the molecule is Cc1ccccc1CNC(=O)C1CCN(Cc2ccc(Cl)cc2)CC1. The maximum absolute atomic E-state index is 12.4. The van der Waals surface area contributed by atoms with Gasteiger partial charge in [-0.05, 0) is 61.7 Å². The van der Waals surface area contributed by atoms with Gasteiger partial charge in [0.1, 0.15) is 0 Å². The highest BCUT2D eigenvalue weighted by atomic mass is 35.5. The number of nitrogens with zero attached hydrogens (tertiary/aromatic N) is 1. The van der Waals surface area contributed by atoms with Gasteiger partial charge in [0.25, 0.3) is 0 Å². The van der Waals surface area contributed by atoms with Gasteiger partial charge >= 0.3 is 0 Å². The molecule has 2 aromatic carbocycles. The molecule has 2 aromatic rings. The first-order valence-corrected chi connectivity index (χ1v) is 9.28. The third kappa shape index (κ3) is 5.07. The molecule has 0 unspecified atom stereocenters. The topological polar surface area (TPSA) is 32.3 Å². The van der Waals surface area contributed by atoms with E-state index < -0.39 is 0 Å². The number of piperidine rings is 1. The largest absolute Gasteiger partial charge is 0.352 e. The third-order valence-electron chi connectivity index (χ3n) is 4.99. The van der Waals surface area contributed by atoms with Crippen molar-refractivity contribution in [2.45, 2.75) is 32.9 Å². The lowest BCUT2D eigenvalue weighted by atomic mass is 9.95. The number of benzene rings is 2. The van der Waals surface area contributed by atoms with Crippen LogP contribution in [0.5, 0.6) is 0 Å². The van der Waals surface area contributed by atoms with Gasteiger partial charge in [0, 0.05) is 24.0 Å². The van der Waals surface area contributed by atoms with E-state index in [1.165, 1.54) is 16.7 Å². The van der Waals surface area contributed by atoms with E-state index in [9.17, 15) is 4.79 Å². The van der Waals surface area contributed by atoms with Crippen LogP contribution in [0.3, 0.4) is 0 Å². The molecule has 1 N–H and O–H groups in total. The lowest BCUT2D eigenvalue weighted by molar-refractivity contribution is -0.126. The molecule has 0 radical (unpaired) electrons. The van der Waals surface area contributed by atoms with Crippen molar-refractivity contribution in [2.75, 3.05) is 13.1 Å². The molecule has 0 saturated carbocycles. The minimum atomic E-state index is 0.130. The fourth-order valence-corrected chi connectivity index (χ4v) is 3.46. The maximum Gasteiger partial charge on any atom is 0.223 e. The summed E-state index contributed by atoms with van der Waals surface area (Å²) in [6, 6.07) is 16.2. The average molecular weight is 357 g/mol. The summed E-state index contributed by atoms with van der Waals surface area (Å²) >= 11 is 5.93. The minimum Gasteiger partial charge on any atom is -0.352 e. The van der Waals surface area contributed by atoms with Crippen molar-refractivity contribution < 1.29 is 4.79 Å². The summed E-state index contributed by atoms with van der Waals surface area (Å²) in [7, 11) is 0. The lowest BCUT2D eigenvalue weighted by Crippen LogP contribution is -2.40. The second-order valence-electron chi connectivity index (χ2n) is 6.82. The molecule has 1 amide bonds. The average Bonchev–Trinajstić information content (AvgIpc) is 2.63. The number of hydrogen-bond donors (Lipinski definition) is 1. The molecule has 25 heavy (non-hydrogen) atoms. The molecule has 1 aliphatic heterocycles. The molecule has 0 spiro atoms. The molecular formula is C21H25ClN2O. The first-order valence-electron chi connectivity index (χ1n) is 8.91. The van der Waals surface area contributed by atoms with Gasteiger partial charge in [-0.2, -0.15) is 0 Å². The third-order valence-corrected chi connectivity index (χ3v) is 5.24. The quantitative estimate of drug-likeness (QED) is 0.871. The highest BCUT2D eigenvalue weighted by Crippen LogP contribution is 2.20. The Hall–Kier alpha value is -1.84. The zero-order valence-corrected chi connectivity index (χ0v) is 15.4. The summed E-state index contributed by atoms with van der Waals surface area (Å²) in [5.41, 5.74) is 3.68.